The number of aliphatic hydroxyl groups is 5. The lowest BCUT2D eigenvalue weighted by atomic mass is 9.99. The Labute approximate surface area is 470 Å². The van der Waals surface area contributed by atoms with Crippen molar-refractivity contribution < 1.29 is 39.8 Å². The van der Waals surface area contributed by atoms with Crippen LogP contribution in [0, 0.1) is 0 Å². The highest BCUT2D eigenvalue weighted by molar-refractivity contribution is 5.76. The second-order valence-corrected chi connectivity index (χ2v) is 23.6. The third-order valence-corrected chi connectivity index (χ3v) is 16.3. The number of hydrogen-bond acceptors (Lipinski definition) is 8. The van der Waals surface area contributed by atoms with Crippen molar-refractivity contribution in [2.75, 3.05) is 13.2 Å². The molecule has 1 rings (SSSR count). The fraction of sp³-hybridized carbons (Fsp3) is 0.925. The predicted octanol–water partition coefficient (Wildman–Crippen LogP) is 17.7. The van der Waals surface area contributed by atoms with E-state index in [4.69, 9.17) is 9.47 Å². The SMILES string of the molecule is CCCCCCCCCCCCCCCCCCCC/C=C/CC/C=C/C(O)C(COC1OC(CO)C(O)C(O)C1O)NC(=O)CCCCCCCCCCCCCCCCCCCCCCCCCCCCCCC. The Morgan fingerprint density at radius 2 is 0.750 bits per heavy atom. The number of allylic oxidation sites excluding steroid dienone is 3. The summed E-state index contributed by atoms with van der Waals surface area (Å²) in [4.78, 5) is 13.1. The van der Waals surface area contributed by atoms with Gasteiger partial charge in [0.05, 0.1) is 25.4 Å². The summed E-state index contributed by atoms with van der Waals surface area (Å²) >= 11 is 0. The summed E-state index contributed by atoms with van der Waals surface area (Å²) in [7, 11) is 0. The largest absolute Gasteiger partial charge is 0.394 e. The van der Waals surface area contributed by atoms with E-state index in [1.54, 1.807) is 6.08 Å². The molecule has 0 spiro atoms. The van der Waals surface area contributed by atoms with E-state index in [0.29, 0.717) is 6.42 Å². The maximum Gasteiger partial charge on any atom is 0.220 e. The van der Waals surface area contributed by atoms with Crippen LogP contribution in [0.15, 0.2) is 24.3 Å². The maximum absolute atomic E-state index is 13.1. The zero-order valence-corrected chi connectivity index (χ0v) is 50.3. The van der Waals surface area contributed by atoms with Crippen LogP contribution in [0.1, 0.15) is 341 Å². The fourth-order valence-electron chi connectivity index (χ4n) is 11.0. The average Bonchev–Trinajstić information content (AvgIpc) is 3.42. The van der Waals surface area contributed by atoms with E-state index >= 15 is 0 Å². The molecule has 1 amide bonds. The van der Waals surface area contributed by atoms with Gasteiger partial charge >= 0.3 is 0 Å². The lowest BCUT2D eigenvalue weighted by Gasteiger charge is -2.40. The third kappa shape index (κ3) is 45.4. The molecular formula is C67H129NO8. The van der Waals surface area contributed by atoms with Gasteiger partial charge in [0.1, 0.15) is 24.4 Å². The van der Waals surface area contributed by atoms with E-state index in [2.05, 4.69) is 31.3 Å². The number of ether oxygens (including phenoxy) is 2. The number of unbranched alkanes of at least 4 members (excludes halogenated alkanes) is 47. The first-order chi connectivity index (χ1) is 37.3. The van der Waals surface area contributed by atoms with Crippen LogP contribution in [0.4, 0.5) is 0 Å². The topological polar surface area (TPSA) is 149 Å². The Hall–Kier alpha value is -1.33. The normalized spacial score (nSPS) is 18.9. The van der Waals surface area contributed by atoms with Gasteiger partial charge in [0.25, 0.3) is 0 Å². The van der Waals surface area contributed by atoms with Gasteiger partial charge in [-0.2, -0.15) is 0 Å². The molecule has 0 radical (unpaired) electrons. The first-order valence-corrected chi connectivity index (χ1v) is 33.6. The minimum Gasteiger partial charge on any atom is -0.394 e. The van der Waals surface area contributed by atoms with Gasteiger partial charge in [0.2, 0.25) is 5.91 Å². The second kappa shape index (κ2) is 56.9. The molecule has 0 aliphatic carbocycles. The number of rotatable bonds is 59. The van der Waals surface area contributed by atoms with E-state index in [0.717, 1.165) is 38.5 Å². The summed E-state index contributed by atoms with van der Waals surface area (Å²) in [5.74, 6) is -0.178. The van der Waals surface area contributed by atoms with E-state index in [1.807, 2.05) is 6.08 Å². The van der Waals surface area contributed by atoms with E-state index < -0.39 is 49.5 Å². The summed E-state index contributed by atoms with van der Waals surface area (Å²) in [6.45, 7) is 3.82. The van der Waals surface area contributed by atoms with Crippen LogP contribution in [0.25, 0.3) is 0 Å². The van der Waals surface area contributed by atoms with Crippen molar-refractivity contribution in [2.24, 2.45) is 0 Å². The van der Waals surface area contributed by atoms with Gasteiger partial charge in [-0.3, -0.25) is 4.79 Å². The van der Waals surface area contributed by atoms with Crippen LogP contribution in [-0.4, -0.2) is 87.5 Å². The molecule has 1 saturated heterocycles. The van der Waals surface area contributed by atoms with Crippen molar-refractivity contribution in [3.8, 4) is 0 Å². The highest BCUT2D eigenvalue weighted by Crippen LogP contribution is 2.23. The zero-order chi connectivity index (χ0) is 55.0. The van der Waals surface area contributed by atoms with E-state index in [9.17, 15) is 30.3 Å². The standard InChI is InChI=1S/C67H129NO8/c1-3-5-7-9-11-13-15-17-19-21-23-25-27-29-30-31-32-33-35-37-39-41-43-45-47-49-51-53-55-57-63(71)68-60(59-75-67-66(74)65(73)64(72)62(58-69)76-67)61(70)56-54-52-50-48-46-44-42-40-38-36-34-28-26-24-22-20-18-16-14-12-10-8-6-4-2/h46,48,54,56,60-62,64-67,69-70,72-74H,3-45,47,49-53,55,57-59H2,1-2H3,(H,68,71)/b48-46+,56-54+. The van der Waals surface area contributed by atoms with Crippen molar-refractivity contribution in [1.82, 2.24) is 5.32 Å². The third-order valence-electron chi connectivity index (χ3n) is 16.3. The molecule has 9 nitrogen and oxygen atoms in total. The molecule has 450 valence electrons. The number of carbonyl (C=O) groups is 1. The number of aliphatic hydroxyl groups excluding tert-OH is 5. The molecule has 0 bridgehead atoms. The Bertz CT molecular complexity index is 1250. The number of hydrogen-bond donors (Lipinski definition) is 6. The molecule has 0 aromatic heterocycles. The molecular weight excluding hydrogens is 947 g/mol. The fourth-order valence-corrected chi connectivity index (χ4v) is 11.0. The highest BCUT2D eigenvalue weighted by atomic mass is 16.7. The van der Waals surface area contributed by atoms with Crippen LogP contribution in [0.5, 0.6) is 0 Å². The Morgan fingerprint density at radius 1 is 0.434 bits per heavy atom. The molecule has 1 fully saturated rings. The predicted molar refractivity (Wildman–Crippen MR) is 323 cm³/mol. The molecule has 7 atom stereocenters. The first kappa shape index (κ1) is 72.7. The lowest BCUT2D eigenvalue weighted by Crippen LogP contribution is -2.60. The molecule has 0 saturated carbocycles. The minimum absolute atomic E-state index is 0.178. The molecule has 1 aliphatic heterocycles. The Morgan fingerprint density at radius 3 is 1.11 bits per heavy atom. The molecule has 76 heavy (non-hydrogen) atoms. The van der Waals surface area contributed by atoms with Crippen LogP contribution in [0.3, 0.4) is 0 Å². The lowest BCUT2D eigenvalue weighted by molar-refractivity contribution is -0.302. The monoisotopic (exact) mass is 1080 g/mol. The number of amides is 1. The summed E-state index contributed by atoms with van der Waals surface area (Å²) < 4.78 is 11.3. The first-order valence-electron chi connectivity index (χ1n) is 33.6. The molecule has 7 unspecified atom stereocenters. The van der Waals surface area contributed by atoms with Gasteiger partial charge in [-0.1, -0.05) is 327 Å². The summed E-state index contributed by atoms with van der Waals surface area (Å²) in [6, 6.07) is -0.820. The van der Waals surface area contributed by atoms with Gasteiger partial charge in [0, 0.05) is 6.42 Å². The van der Waals surface area contributed by atoms with Crippen molar-refractivity contribution in [3.63, 3.8) is 0 Å². The minimum atomic E-state index is -1.57. The molecule has 0 aromatic carbocycles. The average molecular weight is 1080 g/mol. The highest BCUT2D eigenvalue weighted by Gasteiger charge is 2.44. The quantitative estimate of drug-likeness (QED) is 0.0261. The van der Waals surface area contributed by atoms with Crippen molar-refractivity contribution >= 4 is 5.91 Å². The van der Waals surface area contributed by atoms with E-state index in [-0.39, 0.29) is 12.5 Å². The summed E-state index contributed by atoms with van der Waals surface area (Å²) in [5.41, 5.74) is 0. The van der Waals surface area contributed by atoms with Gasteiger partial charge in [-0.15, -0.1) is 0 Å². The van der Waals surface area contributed by atoms with Crippen molar-refractivity contribution in [3.05, 3.63) is 24.3 Å². The molecule has 9 heteroatoms. The smallest absolute Gasteiger partial charge is 0.220 e. The van der Waals surface area contributed by atoms with Gasteiger partial charge < -0.3 is 40.3 Å². The summed E-state index contributed by atoms with van der Waals surface area (Å²) in [6.07, 6.45) is 67.1. The molecule has 1 heterocycles. The molecule has 1 aliphatic rings. The number of carbonyl (C=O) groups excluding carboxylic acids is 1. The van der Waals surface area contributed by atoms with Gasteiger partial charge in [-0.25, -0.2) is 0 Å². The maximum atomic E-state index is 13.1. The zero-order valence-electron chi connectivity index (χ0n) is 50.3. The van der Waals surface area contributed by atoms with Crippen LogP contribution >= 0.6 is 0 Å². The van der Waals surface area contributed by atoms with Crippen molar-refractivity contribution in [1.29, 1.82) is 0 Å². The molecule has 0 aromatic rings. The molecule has 6 N–H and O–H groups in total. The van der Waals surface area contributed by atoms with Crippen molar-refractivity contribution in [2.45, 2.75) is 384 Å². The van der Waals surface area contributed by atoms with Crippen LogP contribution in [-0.2, 0) is 14.3 Å². The number of nitrogens with one attached hydrogen (secondary N) is 1. The van der Waals surface area contributed by atoms with Gasteiger partial charge in [0.15, 0.2) is 6.29 Å². The Balaban J connectivity index is 2.15. The van der Waals surface area contributed by atoms with E-state index in [1.165, 1.54) is 283 Å². The Kier molecular flexibility index (Phi) is 54.4. The summed E-state index contributed by atoms with van der Waals surface area (Å²) in [5, 5.41) is 54.7. The van der Waals surface area contributed by atoms with Crippen LogP contribution < -0.4 is 5.32 Å². The second-order valence-electron chi connectivity index (χ2n) is 23.6. The van der Waals surface area contributed by atoms with Gasteiger partial charge in [-0.05, 0) is 32.1 Å². The van der Waals surface area contributed by atoms with Crippen LogP contribution in [0.2, 0.25) is 0 Å².